The first-order valence-electron chi connectivity index (χ1n) is 4.51. The van der Waals surface area contributed by atoms with Gasteiger partial charge < -0.3 is 10.6 Å². The van der Waals surface area contributed by atoms with Crippen LogP contribution >= 0.6 is 11.5 Å². The summed E-state index contributed by atoms with van der Waals surface area (Å²) in [5, 5.41) is 4.50. The molecular formula is C8H12N4OS. The Balaban J connectivity index is 2.05. The number of likely N-dealkylation sites (tertiary alicyclic amines) is 1. The van der Waals surface area contributed by atoms with Crippen molar-refractivity contribution in [3.05, 3.63) is 5.69 Å². The van der Waals surface area contributed by atoms with Gasteiger partial charge in [0.05, 0.1) is 6.54 Å². The minimum absolute atomic E-state index is 0.185. The Hall–Kier alpha value is -1.17. The van der Waals surface area contributed by atoms with Crippen molar-refractivity contribution in [3.63, 3.8) is 0 Å². The number of carbonyl (C=O) groups excluding carboxylic acids is 1. The molecule has 0 bridgehead atoms. The summed E-state index contributed by atoms with van der Waals surface area (Å²) in [6.45, 7) is 3.38. The van der Waals surface area contributed by atoms with Gasteiger partial charge in [0.2, 0.25) is 5.91 Å². The zero-order valence-electron chi connectivity index (χ0n) is 7.93. The fourth-order valence-electron chi connectivity index (χ4n) is 1.63. The van der Waals surface area contributed by atoms with Crippen LogP contribution in [0.4, 0.5) is 5.00 Å². The van der Waals surface area contributed by atoms with E-state index >= 15 is 0 Å². The van der Waals surface area contributed by atoms with E-state index in [4.69, 9.17) is 5.73 Å². The molecule has 1 fully saturated rings. The van der Waals surface area contributed by atoms with Crippen LogP contribution in [0, 0.1) is 5.92 Å². The molecule has 0 spiro atoms. The van der Waals surface area contributed by atoms with Crippen LogP contribution in [-0.4, -0.2) is 26.9 Å². The van der Waals surface area contributed by atoms with E-state index in [1.54, 1.807) is 4.90 Å². The molecule has 1 aliphatic heterocycles. The third kappa shape index (κ3) is 1.70. The second-order valence-corrected chi connectivity index (χ2v) is 4.45. The van der Waals surface area contributed by atoms with Crippen LogP contribution in [0.5, 0.6) is 0 Å². The average molecular weight is 212 g/mol. The van der Waals surface area contributed by atoms with Crippen molar-refractivity contribution in [2.24, 2.45) is 5.92 Å². The summed E-state index contributed by atoms with van der Waals surface area (Å²) in [5.74, 6) is 0.625. The largest absolute Gasteiger partial charge is 0.388 e. The molecule has 6 heteroatoms. The number of anilines is 1. The van der Waals surface area contributed by atoms with Gasteiger partial charge in [-0.1, -0.05) is 11.4 Å². The third-order valence-electron chi connectivity index (χ3n) is 2.33. The number of hydrogen-bond donors (Lipinski definition) is 1. The Morgan fingerprint density at radius 2 is 2.50 bits per heavy atom. The molecule has 5 nitrogen and oxygen atoms in total. The van der Waals surface area contributed by atoms with Gasteiger partial charge in [0.15, 0.2) is 0 Å². The zero-order chi connectivity index (χ0) is 10.1. The van der Waals surface area contributed by atoms with E-state index in [0.29, 0.717) is 23.9 Å². The fraction of sp³-hybridized carbons (Fsp3) is 0.625. The first-order valence-corrected chi connectivity index (χ1v) is 5.28. The van der Waals surface area contributed by atoms with Crippen molar-refractivity contribution < 1.29 is 4.79 Å². The highest BCUT2D eigenvalue weighted by Crippen LogP contribution is 2.21. The number of nitrogens with zero attached hydrogens (tertiary/aromatic N) is 3. The van der Waals surface area contributed by atoms with Crippen LogP contribution in [-0.2, 0) is 11.3 Å². The normalized spacial score (nSPS) is 21.9. The summed E-state index contributed by atoms with van der Waals surface area (Å²) in [7, 11) is 0. The minimum Gasteiger partial charge on any atom is -0.388 e. The molecule has 2 N–H and O–H groups in total. The van der Waals surface area contributed by atoms with Gasteiger partial charge in [-0.3, -0.25) is 4.79 Å². The van der Waals surface area contributed by atoms with Crippen molar-refractivity contribution in [2.75, 3.05) is 12.3 Å². The summed E-state index contributed by atoms with van der Waals surface area (Å²) in [4.78, 5) is 13.3. The van der Waals surface area contributed by atoms with E-state index in [0.717, 1.165) is 12.2 Å². The Kier molecular flexibility index (Phi) is 2.37. The topological polar surface area (TPSA) is 72.1 Å². The van der Waals surface area contributed by atoms with E-state index in [1.807, 2.05) is 0 Å². The van der Waals surface area contributed by atoms with Gasteiger partial charge in [-0.05, 0) is 5.92 Å². The first kappa shape index (κ1) is 9.39. The van der Waals surface area contributed by atoms with Crippen molar-refractivity contribution in [1.29, 1.82) is 0 Å². The van der Waals surface area contributed by atoms with Crippen molar-refractivity contribution in [3.8, 4) is 0 Å². The maximum Gasteiger partial charge on any atom is 0.223 e. The van der Waals surface area contributed by atoms with E-state index in [9.17, 15) is 4.79 Å². The van der Waals surface area contributed by atoms with Crippen LogP contribution in [0.15, 0.2) is 0 Å². The van der Waals surface area contributed by atoms with Gasteiger partial charge in [0.1, 0.15) is 10.7 Å². The fourth-order valence-corrected chi connectivity index (χ4v) is 2.07. The van der Waals surface area contributed by atoms with Gasteiger partial charge >= 0.3 is 0 Å². The lowest BCUT2D eigenvalue weighted by molar-refractivity contribution is -0.128. The van der Waals surface area contributed by atoms with E-state index < -0.39 is 0 Å². The van der Waals surface area contributed by atoms with Gasteiger partial charge in [-0.2, -0.15) is 0 Å². The Morgan fingerprint density at radius 3 is 3.00 bits per heavy atom. The molecule has 0 aliphatic carbocycles. The second kappa shape index (κ2) is 3.53. The molecule has 2 heterocycles. The Bertz CT molecular complexity index is 351. The predicted molar refractivity (Wildman–Crippen MR) is 53.5 cm³/mol. The van der Waals surface area contributed by atoms with Crippen LogP contribution in [0.25, 0.3) is 0 Å². The molecule has 76 valence electrons. The minimum atomic E-state index is 0.185. The molecule has 14 heavy (non-hydrogen) atoms. The van der Waals surface area contributed by atoms with Gasteiger partial charge in [0.25, 0.3) is 0 Å². The van der Waals surface area contributed by atoms with Crippen molar-refractivity contribution in [1.82, 2.24) is 14.5 Å². The molecule has 1 aromatic rings. The van der Waals surface area contributed by atoms with E-state index in [-0.39, 0.29) is 5.91 Å². The van der Waals surface area contributed by atoms with Crippen LogP contribution in [0.1, 0.15) is 19.0 Å². The first-order chi connectivity index (χ1) is 6.66. The summed E-state index contributed by atoms with van der Waals surface area (Å²) < 4.78 is 3.74. The maximum absolute atomic E-state index is 11.5. The molecule has 1 saturated heterocycles. The molecule has 1 amide bonds. The lowest BCUT2D eigenvalue weighted by Crippen LogP contribution is -2.25. The SMILES string of the molecule is CC1CC(=O)N(Cc2nnsc2N)C1. The average Bonchev–Trinajstić information content (AvgIpc) is 2.62. The lowest BCUT2D eigenvalue weighted by atomic mass is 10.2. The number of amides is 1. The quantitative estimate of drug-likeness (QED) is 0.774. The van der Waals surface area contributed by atoms with Gasteiger partial charge in [0, 0.05) is 24.5 Å². The van der Waals surface area contributed by atoms with Crippen molar-refractivity contribution >= 4 is 22.4 Å². The lowest BCUT2D eigenvalue weighted by Gasteiger charge is -2.13. The van der Waals surface area contributed by atoms with Crippen molar-refractivity contribution in [2.45, 2.75) is 19.9 Å². The second-order valence-electron chi connectivity index (χ2n) is 3.67. The summed E-state index contributed by atoms with van der Waals surface area (Å²) in [6, 6.07) is 0. The number of carbonyl (C=O) groups is 1. The highest BCUT2D eigenvalue weighted by atomic mass is 32.1. The molecule has 1 atom stereocenters. The third-order valence-corrected chi connectivity index (χ3v) is 2.93. The molecule has 1 aromatic heterocycles. The van der Waals surface area contributed by atoms with Crippen LogP contribution in [0.3, 0.4) is 0 Å². The molecule has 1 unspecified atom stereocenters. The maximum atomic E-state index is 11.5. The highest BCUT2D eigenvalue weighted by molar-refractivity contribution is 7.09. The number of hydrogen-bond acceptors (Lipinski definition) is 5. The van der Waals surface area contributed by atoms with Crippen LogP contribution < -0.4 is 5.73 Å². The molecule has 2 rings (SSSR count). The number of nitrogen functional groups attached to an aromatic ring is 1. The summed E-state index contributed by atoms with van der Waals surface area (Å²) in [6.07, 6.45) is 0.636. The monoisotopic (exact) mass is 212 g/mol. The standard InChI is InChI=1S/C8H12N4OS/c1-5-2-7(13)12(3-5)4-6-8(9)14-11-10-6/h5H,2-4,9H2,1H3. The van der Waals surface area contributed by atoms with E-state index in [2.05, 4.69) is 16.5 Å². The zero-order valence-corrected chi connectivity index (χ0v) is 8.75. The number of aromatic nitrogens is 2. The molecule has 0 saturated carbocycles. The Morgan fingerprint density at radius 1 is 1.71 bits per heavy atom. The summed E-state index contributed by atoms with van der Waals surface area (Å²) >= 11 is 1.17. The highest BCUT2D eigenvalue weighted by Gasteiger charge is 2.27. The van der Waals surface area contributed by atoms with E-state index in [1.165, 1.54) is 11.5 Å². The van der Waals surface area contributed by atoms with Crippen LogP contribution in [0.2, 0.25) is 0 Å². The van der Waals surface area contributed by atoms with Gasteiger partial charge in [-0.15, -0.1) is 5.10 Å². The molecule has 0 aromatic carbocycles. The smallest absolute Gasteiger partial charge is 0.223 e. The molecule has 0 radical (unpaired) electrons. The molecule has 1 aliphatic rings. The number of rotatable bonds is 2. The Labute approximate surface area is 86.1 Å². The number of nitrogens with two attached hydrogens (primary N) is 1. The predicted octanol–water partition coefficient (Wildman–Crippen LogP) is 0.489. The summed E-state index contributed by atoms with van der Waals surface area (Å²) in [5.41, 5.74) is 6.37. The van der Waals surface area contributed by atoms with Gasteiger partial charge in [-0.25, -0.2) is 0 Å². The molecular weight excluding hydrogens is 200 g/mol.